The maximum absolute atomic E-state index is 4.41. The maximum Gasteiger partial charge on any atom is 0.138 e. The molecule has 0 saturated heterocycles. The first kappa shape index (κ1) is 15.2. The van der Waals surface area contributed by atoms with Gasteiger partial charge in [-0.1, -0.05) is 34.6 Å². The maximum atomic E-state index is 4.41. The Morgan fingerprint density at radius 2 is 2.00 bits per heavy atom. The number of aromatic nitrogens is 3. The Morgan fingerprint density at radius 3 is 2.50 bits per heavy atom. The fraction of sp³-hybridized carbons (Fsp3) is 0.857. The molecule has 0 aliphatic carbocycles. The summed E-state index contributed by atoms with van der Waals surface area (Å²) < 4.78 is 2.00. The van der Waals surface area contributed by atoms with Crippen molar-refractivity contribution in [3.05, 3.63) is 12.2 Å². The highest BCUT2D eigenvalue weighted by atomic mass is 15.3. The van der Waals surface area contributed by atoms with Crippen molar-refractivity contribution in [2.24, 2.45) is 11.3 Å². The van der Waals surface area contributed by atoms with E-state index in [1.54, 1.807) is 6.33 Å². The molecule has 1 atom stereocenters. The summed E-state index contributed by atoms with van der Waals surface area (Å²) in [5, 5.41) is 7.82. The average Bonchev–Trinajstić information content (AvgIpc) is 2.73. The zero-order valence-electron chi connectivity index (χ0n) is 12.7. The average molecular weight is 252 g/mol. The lowest BCUT2D eigenvalue weighted by molar-refractivity contribution is 0.195. The van der Waals surface area contributed by atoms with Gasteiger partial charge in [0.1, 0.15) is 12.2 Å². The molecule has 1 aromatic heterocycles. The van der Waals surface area contributed by atoms with Crippen LogP contribution in [0.4, 0.5) is 0 Å². The van der Waals surface area contributed by atoms with Gasteiger partial charge in [-0.25, -0.2) is 4.98 Å². The molecule has 1 N–H and O–H groups in total. The SMILES string of the molecule is CCn1ncnc1CC(C)(CNC(C)C)C(C)C. The molecule has 0 fully saturated rings. The van der Waals surface area contributed by atoms with Crippen LogP contribution in [0.2, 0.25) is 0 Å². The quantitative estimate of drug-likeness (QED) is 0.811. The van der Waals surface area contributed by atoms with Gasteiger partial charge in [0.2, 0.25) is 0 Å². The number of rotatable bonds is 7. The van der Waals surface area contributed by atoms with Gasteiger partial charge in [0.05, 0.1) is 0 Å². The highest BCUT2D eigenvalue weighted by molar-refractivity contribution is 4.95. The van der Waals surface area contributed by atoms with Gasteiger partial charge in [0.15, 0.2) is 0 Å². The van der Waals surface area contributed by atoms with Crippen molar-refractivity contribution in [1.82, 2.24) is 20.1 Å². The van der Waals surface area contributed by atoms with Crippen LogP contribution >= 0.6 is 0 Å². The second kappa shape index (κ2) is 6.32. The van der Waals surface area contributed by atoms with Gasteiger partial charge in [-0.05, 0) is 18.3 Å². The van der Waals surface area contributed by atoms with Gasteiger partial charge in [0, 0.05) is 25.6 Å². The van der Waals surface area contributed by atoms with E-state index in [-0.39, 0.29) is 5.41 Å². The molecule has 0 aromatic carbocycles. The van der Waals surface area contributed by atoms with E-state index in [9.17, 15) is 0 Å². The Labute approximate surface area is 111 Å². The zero-order chi connectivity index (χ0) is 13.8. The van der Waals surface area contributed by atoms with E-state index < -0.39 is 0 Å². The lowest BCUT2D eigenvalue weighted by Gasteiger charge is -2.34. The Bertz CT molecular complexity index is 356. The number of aryl methyl sites for hydroxylation is 1. The van der Waals surface area contributed by atoms with E-state index in [0.29, 0.717) is 12.0 Å². The van der Waals surface area contributed by atoms with Crippen LogP contribution in [-0.4, -0.2) is 27.4 Å². The molecule has 1 aromatic rings. The molecule has 0 amide bonds. The highest BCUT2D eigenvalue weighted by Gasteiger charge is 2.30. The Morgan fingerprint density at radius 1 is 1.33 bits per heavy atom. The van der Waals surface area contributed by atoms with Crippen molar-refractivity contribution in [1.29, 1.82) is 0 Å². The minimum Gasteiger partial charge on any atom is -0.314 e. The van der Waals surface area contributed by atoms with Crippen LogP contribution in [0.1, 0.15) is 47.4 Å². The van der Waals surface area contributed by atoms with Crippen LogP contribution in [-0.2, 0) is 13.0 Å². The van der Waals surface area contributed by atoms with Crippen molar-refractivity contribution >= 4 is 0 Å². The predicted molar refractivity (Wildman–Crippen MR) is 75.5 cm³/mol. The summed E-state index contributed by atoms with van der Waals surface area (Å²) in [4.78, 5) is 4.41. The number of nitrogens with zero attached hydrogens (tertiary/aromatic N) is 3. The summed E-state index contributed by atoms with van der Waals surface area (Å²) in [5.41, 5.74) is 0.213. The largest absolute Gasteiger partial charge is 0.314 e. The first-order valence-electron chi connectivity index (χ1n) is 6.99. The Balaban J connectivity index is 2.79. The molecule has 1 heterocycles. The van der Waals surface area contributed by atoms with Gasteiger partial charge < -0.3 is 5.32 Å². The second-order valence-corrected chi connectivity index (χ2v) is 6.01. The van der Waals surface area contributed by atoms with Gasteiger partial charge in [-0.2, -0.15) is 5.10 Å². The van der Waals surface area contributed by atoms with E-state index in [2.05, 4.69) is 56.9 Å². The smallest absolute Gasteiger partial charge is 0.138 e. The lowest BCUT2D eigenvalue weighted by atomic mass is 9.76. The summed E-state index contributed by atoms with van der Waals surface area (Å²) in [7, 11) is 0. The molecule has 0 spiro atoms. The molecular formula is C14H28N4. The fourth-order valence-corrected chi connectivity index (χ4v) is 1.96. The van der Waals surface area contributed by atoms with Crippen molar-refractivity contribution < 1.29 is 0 Å². The molecule has 104 valence electrons. The van der Waals surface area contributed by atoms with E-state index in [0.717, 1.165) is 25.3 Å². The molecule has 0 aliphatic heterocycles. The van der Waals surface area contributed by atoms with Crippen LogP contribution in [0.3, 0.4) is 0 Å². The van der Waals surface area contributed by atoms with Crippen LogP contribution in [0.15, 0.2) is 6.33 Å². The third kappa shape index (κ3) is 3.80. The van der Waals surface area contributed by atoms with E-state index in [1.807, 2.05) is 4.68 Å². The standard InChI is InChI=1S/C14H28N4/c1-7-18-13(16-10-17-18)8-14(6,11(2)3)9-15-12(4)5/h10-12,15H,7-9H2,1-6H3. The third-order valence-corrected chi connectivity index (χ3v) is 3.87. The lowest BCUT2D eigenvalue weighted by Crippen LogP contribution is -2.41. The molecule has 1 unspecified atom stereocenters. The van der Waals surface area contributed by atoms with Gasteiger partial charge in [0.25, 0.3) is 0 Å². The molecule has 0 bridgehead atoms. The van der Waals surface area contributed by atoms with Crippen LogP contribution in [0.25, 0.3) is 0 Å². The summed E-state index contributed by atoms with van der Waals surface area (Å²) in [6.45, 7) is 15.3. The molecule has 18 heavy (non-hydrogen) atoms. The zero-order valence-corrected chi connectivity index (χ0v) is 12.7. The summed E-state index contributed by atoms with van der Waals surface area (Å²) in [6, 6.07) is 0.520. The monoisotopic (exact) mass is 252 g/mol. The number of hydrogen-bond donors (Lipinski definition) is 1. The number of nitrogens with one attached hydrogen (secondary N) is 1. The van der Waals surface area contributed by atoms with Crippen molar-refractivity contribution in [3.8, 4) is 0 Å². The van der Waals surface area contributed by atoms with Crippen molar-refractivity contribution in [3.63, 3.8) is 0 Å². The van der Waals surface area contributed by atoms with Crippen molar-refractivity contribution in [2.45, 2.75) is 60.5 Å². The Hall–Kier alpha value is -0.900. The molecule has 4 nitrogen and oxygen atoms in total. The predicted octanol–water partition coefficient (Wildman–Crippen LogP) is 2.50. The van der Waals surface area contributed by atoms with Crippen LogP contribution in [0.5, 0.6) is 0 Å². The van der Waals surface area contributed by atoms with Crippen LogP contribution < -0.4 is 5.32 Å². The first-order valence-corrected chi connectivity index (χ1v) is 6.99. The Kier molecular flexibility index (Phi) is 5.32. The van der Waals surface area contributed by atoms with E-state index in [4.69, 9.17) is 0 Å². The number of hydrogen-bond acceptors (Lipinski definition) is 3. The first-order chi connectivity index (χ1) is 8.39. The van der Waals surface area contributed by atoms with E-state index >= 15 is 0 Å². The van der Waals surface area contributed by atoms with Crippen molar-refractivity contribution in [2.75, 3.05) is 6.54 Å². The summed E-state index contributed by atoms with van der Waals surface area (Å²) >= 11 is 0. The summed E-state index contributed by atoms with van der Waals surface area (Å²) in [6.07, 6.45) is 2.63. The fourth-order valence-electron chi connectivity index (χ4n) is 1.96. The van der Waals surface area contributed by atoms with Gasteiger partial charge in [-0.15, -0.1) is 0 Å². The minimum absolute atomic E-state index is 0.213. The third-order valence-electron chi connectivity index (χ3n) is 3.87. The summed E-state index contributed by atoms with van der Waals surface area (Å²) in [5.74, 6) is 1.70. The molecule has 0 radical (unpaired) electrons. The topological polar surface area (TPSA) is 42.7 Å². The normalized spacial score (nSPS) is 15.3. The van der Waals surface area contributed by atoms with Gasteiger partial charge in [-0.3, -0.25) is 4.68 Å². The second-order valence-electron chi connectivity index (χ2n) is 6.01. The molecule has 1 rings (SSSR count). The molecule has 0 aliphatic rings. The minimum atomic E-state index is 0.213. The molecule has 4 heteroatoms. The van der Waals surface area contributed by atoms with Gasteiger partial charge >= 0.3 is 0 Å². The molecular weight excluding hydrogens is 224 g/mol. The van der Waals surface area contributed by atoms with E-state index in [1.165, 1.54) is 0 Å². The molecule has 0 saturated carbocycles. The van der Waals surface area contributed by atoms with Crippen LogP contribution in [0, 0.1) is 11.3 Å². The highest BCUT2D eigenvalue weighted by Crippen LogP contribution is 2.30.